The van der Waals surface area contributed by atoms with Crippen LogP contribution in [0.1, 0.15) is 11.1 Å². The zero-order chi connectivity index (χ0) is 18.9. The molecular weight excluding hydrogens is 367 g/mol. The standard InChI is InChI=1S/C17H14F3N3O2S/c1-12-3-6-14(7-4-12)26(24,25)22-15-11-13(17(18,19)20)5-8-16(15)23-10-2-9-21-23/h2-11,22H,1H3. The van der Waals surface area contributed by atoms with Crippen molar-refractivity contribution in [3.05, 3.63) is 72.1 Å². The van der Waals surface area contributed by atoms with Crippen LogP contribution in [0.2, 0.25) is 0 Å². The Morgan fingerprint density at radius 1 is 1.08 bits per heavy atom. The summed E-state index contributed by atoms with van der Waals surface area (Å²) in [6, 6.07) is 10.4. The molecule has 0 spiro atoms. The number of hydrogen-bond donors (Lipinski definition) is 1. The molecule has 0 aliphatic rings. The molecule has 0 aliphatic heterocycles. The summed E-state index contributed by atoms with van der Waals surface area (Å²) in [5, 5.41) is 3.95. The van der Waals surface area contributed by atoms with Crippen LogP contribution >= 0.6 is 0 Å². The Bertz CT molecular complexity index is 1010. The number of aryl methyl sites for hydroxylation is 1. The number of sulfonamides is 1. The molecule has 0 radical (unpaired) electrons. The van der Waals surface area contributed by atoms with Crippen LogP contribution in [0.3, 0.4) is 0 Å². The van der Waals surface area contributed by atoms with Gasteiger partial charge >= 0.3 is 6.18 Å². The van der Waals surface area contributed by atoms with E-state index in [4.69, 9.17) is 0 Å². The van der Waals surface area contributed by atoms with Crippen LogP contribution in [-0.2, 0) is 16.2 Å². The average molecular weight is 381 g/mol. The maximum atomic E-state index is 13.0. The van der Waals surface area contributed by atoms with Crippen molar-refractivity contribution in [2.24, 2.45) is 0 Å². The Morgan fingerprint density at radius 2 is 1.77 bits per heavy atom. The second kappa shape index (κ2) is 6.49. The molecule has 5 nitrogen and oxygen atoms in total. The van der Waals surface area contributed by atoms with E-state index in [0.29, 0.717) is 0 Å². The van der Waals surface area contributed by atoms with Gasteiger partial charge in [0.1, 0.15) is 0 Å². The second-order valence-corrected chi connectivity index (χ2v) is 7.28. The Balaban J connectivity index is 2.08. The van der Waals surface area contributed by atoms with E-state index < -0.39 is 21.8 Å². The van der Waals surface area contributed by atoms with Crippen LogP contribution in [0.4, 0.5) is 18.9 Å². The summed E-state index contributed by atoms with van der Waals surface area (Å²) in [4.78, 5) is -0.0491. The Labute approximate surface area is 148 Å². The molecule has 0 atom stereocenters. The normalized spacial score (nSPS) is 12.2. The van der Waals surface area contributed by atoms with Crippen molar-refractivity contribution in [3.63, 3.8) is 0 Å². The lowest BCUT2D eigenvalue weighted by Gasteiger charge is -2.15. The Kier molecular flexibility index (Phi) is 4.49. The molecule has 3 aromatic rings. The molecule has 26 heavy (non-hydrogen) atoms. The molecule has 0 amide bonds. The highest BCUT2D eigenvalue weighted by Gasteiger charge is 2.31. The fourth-order valence-corrected chi connectivity index (χ4v) is 3.39. The van der Waals surface area contributed by atoms with E-state index in [1.54, 1.807) is 25.1 Å². The largest absolute Gasteiger partial charge is 0.416 e. The molecule has 1 heterocycles. The molecule has 1 aromatic heterocycles. The number of rotatable bonds is 4. The predicted molar refractivity (Wildman–Crippen MR) is 90.6 cm³/mol. The van der Waals surface area contributed by atoms with E-state index in [2.05, 4.69) is 9.82 Å². The third-order valence-corrected chi connectivity index (χ3v) is 5.03. The lowest BCUT2D eigenvalue weighted by Crippen LogP contribution is -2.16. The summed E-state index contributed by atoms with van der Waals surface area (Å²) in [7, 11) is -4.06. The molecule has 0 bridgehead atoms. The molecule has 1 N–H and O–H groups in total. The van der Waals surface area contributed by atoms with Crippen LogP contribution in [0.5, 0.6) is 0 Å². The third-order valence-electron chi connectivity index (χ3n) is 3.65. The minimum absolute atomic E-state index is 0.0491. The summed E-state index contributed by atoms with van der Waals surface area (Å²) >= 11 is 0. The highest BCUT2D eigenvalue weighted by molar-refractivity contribution is 7.92. The lowest BCUT2D eigenvalue weighted by molar-refractivity contribution is -0.137. The number of halogens is 3. The number of benzene rings is 2. The summed E-state index contributed by atoms with van der Waals surface area (Å²) < 4.78 is 67.8. The fourth-order valence-electron chi connectivity index (χ4n) is 2.33. The van der Waals surface area contributed by atoms with Gasteiger partial charge in [-0.15, -0.1) is 0 Å². The van der Waals surface area contributed by atoms with Gasteiger partial charge in [0.2, 0.25) is 0 Å². The quantitative estimate of drug-likeness (QED) is 0.743. The predicted octanol–water partition coefficient (Wildman–Crippen LogP) is 4.00. The highest BCUT2D eigenvalue weighted by atomic mass is 32.2. The number of nitrogens with one attached hydrogen (secondary N) is 1. The van der Waals surface area contributed by atoms with Gasteiger partial charge in [0.05, 0.1) is 21.8 Å². The first-order valence-corrected chi connectivity index (χ1v) is 8.96. The minimum Gasteiger partial charge on any atom is -0.277 e. The smallest absolute Gasteiger partial charge is 0.277 e. The SMILES string of the molecule is Cc1ccc(S(=O)(=O)Nc2cc(C(F)(F)F)ccc2-n2cccn2)cc1. The van der Waals surface area contributed by atoms with Crippen molar-refractivity contribution in [3.8, 4) is 5.69 Å². The van der Waals surface area contributed by atoms with E-state index in [0.717, 1.165) is 17.7 Å². The zero-order valence-corrected chi connectivity index (χ0v) is 14.3. The van der Waals surface area contributed by atoms with Crippen LogP contribution in [0, 0.1) is 6.92 Å². The first-order valence-electron chi connectivity index (χ1n) is 7.47. The molecule has 0 saturated carbocycles. The fraction of sp³-hybridized carbons (Fsp3) is 0.118. The summed E-state index contributed by atoms with van der Waals surface area (Å²) in [6.07, 6.45) is -1.66. The van der Waals surface area contributed by atoms with Crippen LogP contribution < -0.4 is 4.72 Å². The molecule has 0 unspecified atom stereocenters. The lowest BCUT2D eigenvalue weighted by atomic mass is 10.1. The van der Waals surface area contributed by atoms with E-state index in [1.807, 2.05) is 0 Å². The maximum absolute atomic E-state index is 13.0. The van der Waals surface area contributed by atoms with Crippen molar-refractivity contribution in [2.45, 2.75) is 18.0 Å². The van der Waals surface area contributed by atoms with Crippen molar-refractivity contribution in [1.82, 2.24) is 9.78 Å². The number of aromatic nitrogens is 2. The van der Waals surface area contributed by atoms with Gasteiger partial charge in [-0.1, -0.05) is 17.7 Å². The molecule has 0 saturated heterocycles. The zero-order valence-electron chi connectivity index (χ0n) is 13.5. The van der Waals surface area contributed by atoms with Gasteiger partial charge in [-0.25, -0.2) is 13.1 Å². The van der Waals surface area contributed by atoms with Gasteiger partial charge < -0.3 is 0 Å². The first-order chi connectivity index (χ1) is 12.2. The van der Waals surface area contributed by atoms with Gasteiger partial charge in [0, 0.05) is 12.4 Å². The number of anilines is 1. The van der Waals surface area contributed by atoms with Gasteiger partial charge in [-0.2, -0.15) is 18.3 Å². The Hall–Kier alpha value is -2.81. The van der Waals surface area contributed by atoms with Crippen molar-refractivity contribution in [1.29, 1.82) is 0 Å². The summed E-state index contributed by atoms with van der Waals surface area (Å²) in [5.41, 5.74) is -0.141. The minimum atomic E-state index is -4.60. The van der Waals surface area contributed by atoms with Crippen LogP contribution in [-0.4, -0.2) is 18.2 Å². The van der Waals surface area contributed by atoms with Gasteiger partial charge in [0.25, 0.3) is 10.0 Å². The average Bonchev–Trinajstić information content (AvgIpc) is 3.08. The molecule has 3 rings (SSSR count). The van der Waals surface area contributed by atoms with Crippen molar-refractivity contribution in [2.75, 3.05) is 4.72 Å². The van der Waals surface area contributed by atoms with Gasteiger partial charge in [0.15, 0.2) is 0 Å². The van der Waals surface area contributed by atoms with E-state index >= 15 is 0 Å². The second-order valence-electron chi connectivity index (χ2n) is 5.60. The van der Waals surface area contributed by atoms with Crippen LogP contribution in [0.25, 0.3) is 5.69 Å². The highest BCUT2D eigenvalue weighted by Crippen LogP contribution is 2.34. The molecule has 9 heteroatoms. The van der Waals surface area contributed by atoms with Crippen molar-refractivity contribution < 1.29 is 21.6 Å². The van der Waals surface area contributed by atoms with E-state index in [1.165, 1.54) is 35.3 Å². The molecule has 0 aliphatic carbocycles. The maximum Gasteiger partial charge on any atom is 0.416 e. The number of nitrogens with zero attached hydrogens (tertiary/aromatic N) is 2. The third kappa shape index (κ3) is 3.72. The van der Waals surface area contributed by atoms with Crippen LogP contribution in [0.15, 0.2) is 65.8 Å². The molecule has 0 fully saturated rings. The monoisotopic (exact) mass is 381 g/mol. The van der Waals surface area contributed by atoms with Crippen molar-refractivity contribution >= 4 is 15.7 Å². The summed E-state index contributed by atoms with van der Waals surface area (Å²) in [5.74, 6) is 0. The van der Waals surface area contributed by atoms with E-state index in [9.17, 15) is 21.6 Å². The Morgan fingerprint density at radius 3 is 2.35 bits per heavy atom. The molecular formula is C17H14F3N3O2S. The van der Waals surface area contributed by atoms with Gasteiger partial charge in [-0.05, 0) is 43.3 Å². The number of hydrogen-bond acceptors (Lipinski definition) is 3. The molecule has 2 aromatic carbocycles. The topological polar surface area (TPSA) is 64.0 Å². The first kappa shape index (κ1) is 18.0. The summed E-state index contributed by atoms with van der Waals surface area (Å²) in [6.45, 7) is 1.80. The molecule has 136 valence electrons. The van der Waals surface area contributed by atoms with Gasteiger partial charge in [-0.3, -0.25) is 4.72 Å². The number of alkyl halides is 3. The van der Waals surface area contributed by atoms with E-state index in [-0.39, 0.29) is 16.3 Å².